The van der Waals surface area contributed by atoms with Crippen LogP contribution in [0, 0.1) is 0 Å². The lowest BCUT2D eigenvalue weighted by Crippen LogP contribution is -2.43. The van der Waals surface area contributed by atoms with Crippen molar-refractivity contribution in [3.63, 3.8) is 0 Å². The number of rotatable bonds is 14. The maximum atomic E-state index is 5.42. The van der Waals surface area contributed by atoms with Gasteiger partial charge in [-0.25, -0.2) is 0 Å². The lowest BCUT2D eigenvalue weighted by molar-refractivity contribution is 0.100. The van der Waals surface area contributed by atoms with Crippen molar-refractivity contribution in [2.75, 3.05) is 69.1 Å². The molecular weight excluding hydrogens is 380 g/mol. The smallest absolute Gasteiger partial charge is 0.379 e. The first-order valence-electron chi connectivity index (χ1n) is 8.64. The standard InChI is InChI=1S/C9H20O5Si.C6H14O4Si/c1-10-15(11-2,12-3)6-4-5-13-7-9-8-14-9;1-7-11(8-2,9-3)5-6-4-10-6/h9H,4-8H2,1-3H3;6H,4-5H2,1-3H3. The molecular formula is C15H34O9Si2. The third kappa shape index (κ3) is 8.84. The molecule has 2 aliphatic heterocycles. The minimum atomic E-state index is -2.39. The van der Waals surface area contributed by atoms with E-state index in [1.54, 1.807) is 42.7 Å². The summed E-state index contributed by atoms with van der Waals surface area (Å²) in [5, 5.41) is 0. The molecule has 0 aliphatic carbocycles. The zero-order valence-electron chi connectivity index (χ0n) is 16.8. The molecule has 0 N–H and O–H groups in total. The molecule has 2 unspecified atom stereocenters. The normalized spacial score (nSPS) is 21.9. The van der Waals surface area contributed by atoms with E-state index in [9.17, 15) is 0 Å². The Hall–Kier alpha value is 0.0738. The topological polar surface area (TPSA) is 89.7 Å². The Bertz CT molecular complexity index is 342. The van der Waals surface area contributed by atoms with Gasteiger partial charge in [0, 0.05) is 61.4 Å². The molecule has 0 amide bonds. The van der Waals surface area contributed by atoms with Gasteiger partial charge in [0.1, 0.15) is 6.10 Å². The van der Waals surface area contributed by atoms with Gasteiger partial charge in [-0.3, -0.25) is 0 Å². The van der Waals surface area contributed by atoms with Crippen molar-refractivity contribution in [3.05, 3.63) is 0 Å². The highest BCUT2D eigenvalue weighted by Gasteiger charge is 2.44. The highest BCUT2D eigenvalue weighted by atomic mass is 28.4. The first kappa shape index (κ1) is 24.1. The van der Waals surface area contributed by atoms with E-state index < -0.39 is 17.6 Å². The van der Waals surface area contributed by atoms with E-state index in [1.807, 2.05) is 0 Å². The number of hydrogen-bond donors (Lipinski definition) is 0. The third-order valence-electron chi connectivity index (χ3n) is 4.22. The maximum Gasteiger partial charge on any atom is 0.502 e. The zero-order valence-corrected chi connectivity index (χ0v) is 18.8. The Labute approximate surface area is 158 Å². The van der Waals surface area contributed by atoms with Gasteiger partial charge in [-0.2, -0.15) is 0 Å². The molecule has 0 radical (unpaired) electrons. The van der Waals surface area contributed by atoms with E-state index in [0.29, 0.717) is 25.4 Å². The summed E-state index contributed by atoms with van der Waals surface area (Å²) in [4.78, 5) is 0. The second-order valence-electron chi connectivity index (χ2n) is 5.88. The molecule has 0 saturated carbocycles. The van der Waals surface area contributed by atoms with Crippen LogP contribution in [0.1, 0.15) is 6.42 Å². The van der Waals surface area contributed by atoms with E-state index >= 15 is 0 Å². The van der Waals surface area contributed by atoms with Crippen molar-refractivity contribution in [1.82, 2.24) is 0 Å². The average molecular weight is 415 g/mol. The van der Waals surface area contributed by atoms with Crippen molar-refractivity contribution in [2.24, 2.45) is 0 Å². The number of epoxide rings is 2. The first-order chi connectivity index (χ1) is 12.5. The lowest BCUT2D eigenvalue weighted by Gasteiger charge is -2.24. The minimum absolute atomic E-state index is 0.293. The summed E-state index contributed by atoms with van der Waals surface area (Å²) >= 11 is 0. The van der Waals surface area contributed by atoms with Gasteiger partial charge < -0.3 is 40.8 Å². The molecule has 0 spiro atoms. The summed E-state index contributed by atoms with van der Waals surface area (Å²) in [5.74, 6) is 0. The Morgan fingerprint density at radius 3 is 1.58 bits per heavy atom. The van der Waals surface area contributed by atoms with E-state index in [-0.39, 0.29) is 0 Å². The minimum Gasteiger partial charge on any atom is -0.379 e. The van der Waals surface area contributed by atoms with Crippen LogP contribution in [0.3, 0.4) is 0 Å². The van der Waals surface area contributed by atoms with Gasteiger partial charge in [0.15, 0.2) is 0 Å². The van der Waals surface area contributed by atoms with Crippen LogP contribution in [0.15, 0.2) is 0 Å². The molecule has 0 aromatic heterocycles. The highest BCUT2D eigenvalue weighted by Crippen LogP contribution is 2.24. The van der Waals surface area contributed by atoms with E-state index in [4.69, 9.17) is 40.8 Å². The molecule has 2 fully saturated rings. The SMILES string of the molecule is CO[Si](CC1CO1)(OC)OC.CO[Si](CCCOCC1CO1)(OC)OC. The molecule has 2 aliphatic rings. The Morgan fingerprint density at radius 2 is 1.19 bits per heavy atom. The summed E-state index contributed by atoms with van der Waals surface area (Å²) in [6, 6.07) is 1.54. The van der Waals surface area contributed by atoms with Gasteiger partial charge >= 0.3 is 17.6 Å². The Balaban J connectivity index is 0.000000273. The average Bonchev–Trinajstić information content (AvgIpc) is 3.60. The molecule has 11 heteroatoms. The quantitative estimate of drug-likeness (QED) is 0.234. The van der Waals surface area contributed by atoms with Crippen LogP contribution in [-0.2, 0) is 40.8 Å². The van der Waals surface area contributed by atoms with Gasteiger partial charge in [-0.15, -0.1) is 0 Å². The molecule has 2 saturated heterocycles. The Kier molecular flexibility index (Phi) is 11.6. The third-order valence-corrected chi connectivity index (χ3v) is 9.88. The van der Waals surface area contributed by atoms with Crippen LogP contribution in [0.2, 0.25) is 12.1 Å². The lowest BCUT2D eigenvalue weighted by atomic mass is 10.5. The van der Waals surface area contributed by atoms with Crippen molar-refractivity contribution in [1.29, 1.82) is 0 Å². The Morgan fingerprint density at radius 1 is 0.731 bits per heavy atom. The zero-order chi connectivity index (χ0) is 19.5. The van der Waals surface area contributed by atoms with Crippen LogP contribution >= 0.6 is 0 Å². The summed E-state index contributed by atoms with van der Waals surface area (Å²) in [5.41, 5.74) is 0. The van der Waals surface area contributed by atoms with Crippen LogP contribution in [-0.4, -0.2) is 98.9 Å². The second kappa shape index (κ2) is 12.5. The predicted octanol–water partition coefficient (Wildman–Crippen LogP) is 0.933. The van der Waals surface area contributed by atoms with Crippen molar-refractivity contribution in [3.8, 4) is 0 Å². The molecule has 2 rings (SSSR count). The fraction of sp³-hybridized carbons (Fsp3) is 1.00. The fourth-order valence-corrected chi connectivity index (χ4v) is 5.77. The van der Waals surface area contributed by atoms with Gasteiger partial charge in [-0.1, -0.05) is 0 Å². The number of ether oxygens (including phenoxy) is 3. The van der Waals surface area contributed by atoms with Crippen LogP contribution in [0.5, 0.6) is 0 Å². The van der Waals surface area contributed by atoms with E-state index in [1.165, 1.54) is 0 Å². The van der Waals surface area contributed by atoms with E-state index in [2.05, 4.69) is 0 Å². The monoisotopic (exact) mass is 414 g/mol. The molecule has 156 valence electrons. The molecule has 0 aromatic carbocycles. The summed E-state index contributed by atoms with van der Waals surface area (Å²) in [7, 11) is 4.97. The van der Waals surface area contributed by atoms with E-state index in [0.717, 1.165) is 31.7 Å². The molecule has 2 heterocycles. The van der Waals surface area contributed by atoms with Gasteiger partial charge in [0.25, 0.3) is 0 Å². The van der Waals surface area contributed by atoms with Crippen molar-refractivity contribution in [2.45, 2.75) is 30.7 Å². The van der Waals surface area contributed by atoms with Gasteiger partial charge in [0.2, 0.25) is 0 Å². The van der Waals surface area contributed by atoms with Crippen LogP contribution in [0.4, 0.5) is 0 Å². The number of hydrogen-bond acceptors (Lipinski definition) is 9. The maximum absolute atomic E-state index is 5.42. The summed E-state index contributed by atoms with van der Waals surface area (Å²) in [6.45, 7) is 3.05. The van der Waals surface area contributed by atoms with Crippen LogP contribution in [0.25, 0.3) is 0 Å². The van der Waals surface area contributed by atoms with Gasteiger partial charge in [-0.05, 0) is 6.42 Å². The molecule has 9 nitrogen and oxygen atoms in total. The summed E-state index contributed by atoms with van der Waals surface area (Å²) < 4.78 is 47.0. The van der Waals surface area contributed by atoms with Crippen molar-refractivity contribution >= 4 is 17.6 Å². The fourth-order valence-electron chi connectivity index (χ4n) is 2.29. The predicted molar refractivity (Wildman–Crippen MR) is 98.1 cm³/mol. The first-order valence-corrected chi connectivity index (χ1v) is 12.5. The highest BCUT2D eigenvalue weighted by molar-refractivity contribution is 6.61. The molecule has 26 heavy (non-hydrogen) atoms. The summed E-state index contributed by atoms with van der Waals surface area (Å²) in [6.07, 6.45) is 1.51. The van der Waals surface area contributed by atoms with Crippen LogP contribution < -0.4 is 0 Å². The molecule has 2 atom stereocenters. The second-order valence-corrected chi connectivity index (χ2v) is 12.0. The largest absolute Gasteiger partial charge is 0.502 e. The molecule has 0 bridgehead atoms. The van der Waals surface area contributed by atoms with Crippen molar-refractivity contribution < 1.29 is 40.8 Å². The molecule has 0 aromatic rings. The van der Waals surface area contributed by atoms with Gasteiger partial charge in [0.05, 0.1) is 25.9 Å².